The summed E-state index contributed by atoms with van der Waals surface area (Å²) in [6.07, 6.45) is 4.00. The average molecular weight is 371 g/mol. The monoisotopic (exact) mass is 371 g/mol. The molecular formula is C23H18FN3O. The van der Waals surface area contributed by atoms with Crippen LogP contribution in [0.15, 0.2) is 79.1 Å². The number of aromatic amines is 1. The number of pyridine rings is 1. The Bertz CT molecular complexity index is 1070. The molecule has 4 aromatic rings. The molecule has 0 amide bonds. The quantitative estimate of drug-likeness (QED) is 0.537. The third-order valence-electron chi connectivity index (χ3n) is 4.55. The summed E-state index contributed by atoms with van der Waals surface area (Å²) < 4.78 is 13.3. The molecular weight excluding hydrogens is 353 g/mol. The van der Waals surface area contributed by atoms with Crippen LogP contribution >= 0.6 is 0 Å². The zero-order valence-corrected chi connectivity index (χ0v) is 15.1. The Morgan fingerprint density at radius 2 is 1.57 bits per heavy atom. The number of aromatic nitrogens is 3. The number of nitrogens with zero attached hydrogens (tertiary/aromatic N) is 2. The number of carbonyl (C=O) groups excluding carboxylic acids is 1. The van der Waals surface area contributed by atoms with E-state index in [4.69, 9.17) is 0 Å². The van der Waals surface area contributed by atoms with E-state index in [-0.39, 0.29) is 18.0 Å². The standard InChI is InChI=1S/C23H18FN3O/c24-19-8-6-18(7-9-19)23-22(17-10-12-25-13-11-17)21(26-27-23)15-20(28)14-16-4-2-1-3-5-16/h1-13H,14-15H2,(H,26,27). The fourth-order valence-corrected chi connectivity index (χ4v) is 3.24. The minimum atomic E-state index is -0.303. The molecule has 0 radical (unpaired) electrons. The summed E-state index contributed by atoms with van der Waals surface area (Å²) in [5.74, 6) is -0.209. The minimum Gasteiger partial charge on any atom is -0.299 e. The molecule has 28 heavy (non-hydrogen) atoms. The van der Waals surface area contributed by atoms with E-state index in [2.05, 4.69) is 15.2 Å². The van der Waals surface area contributed by atoms with Gasteiger partial charge in [-0.15, -0.1) is 0 Å². The predicted molar refractivity (Wildman–Crippen MR) is 106 cm³/mol. The zero-order chi connectivity index (χ0) is 19.3. The van der Waals surface area contributed by atoms with Gasteiger partial charge in [-0.2, -0.15) is 5.10 Å². The van der Waals surface area contributed by atoms with Gasteiger partial charge < -0.3 is 0 Å². The Morgan fingerprint density at radius 3 is 2.29 bits per heavy atom. The Hall–Kier alpha value is -3.60. The highest BCUT2D eigenvalue weighted by molar-refractivity contribution is 5.88. The van der Waals surface area contributed by atoms with Gasteiger partial charge in [0.05, 0.1) is 5.69 Å². The van der Waals surface area contributed by atoms with E-state index in [0.717, 1.165) is 27.9 Å². The lowest BCUT2D eigenvalue weighted by Crippen LogP contribution is -2.07. The summed E-state index contributed by atoms with van der Waals surface area (Å²) in [6, 6.07) is 19.6. The average Bonchev–Trinajstić information content (AvgIpc) is 3.13. The van der Waals surface area contributed by atoms with Crippen molar-refractivity contribution in [1.29, 1.82) is 0 Å². The van der Waals surface area contributed by atoms with Crippen LogP contribution in [0.25, 0.3) is 22.4 Å². The third kappa shape index (κ3) is 3.88. The van der Waals surface area contributed by atoms with Gasteiger partial charge >= 0.3 is 0 Å². The molecule has 0 saturated carbocycles. The highest BCUT2D eigenvalue weighted by atomic mass is 19.1. The molecule has 1 N–H and O–H groups in total. The van der Waals surface area contributed by atoms with Crippen LogP contribution in [0.3, 0.4) is 0 Å². The van der Waals surface area contributed by atoms with Crippen LogP contribution in [0.4, 0.5) is 4.39 Å². The van der Waals surface area contributed by atoms with E-state index in [0.29, 0.717) is 12.1 Å². The van der Waals surface area contributed by atoms with Gasteiger partial charge in [0.15, 0.2) is 0 Å². The number of halogens is 1. The highest BCUT2D eigenvalue weighted by Crippen LogP contribution is 2.33. The molecule has 0 fully saturated rings. The van der Waals surface area contributed by atoms with E-state index in [1.165, 1.54) is 12.1 Å². The van der Waals surface area contributed by atoms with Crippen LogP contribution in [0.2, 0.25) is 0 Å². The number of H-pyrrole nitrogens is 1. The largest absolute Gasteiger partial charge is 0.299 e. The van der Waals surface area contributed by atoms with E-state index in [1.54, 1.807) is 24.5 Å². The molecule has 4 nitrogen and oxygen atoms in total. The van der Waals surface area contributed by atoms with Crippen LogP contribution in [-0.2, 0) is 17.6 Å². The second-order valence-electron chi connectivity index (χ2n) is 6.55. The summed E-state index contributed by atoms with van der Waals surface area (Å²) in [6.45, 7) is 0. The van der Waals surface area contributed by atoms with Crippen molar-refractivity contribution in [2.24, 2.45) is 0 Å². The number of hydrogen-bond acceptors (Lipinski definition) is 3. The van der Waals surface area contributed by atoms with Crippen molar-refractivity contribution in [2.45, 2.75) is 12.8 Å². The van der Waals surface area contributed by atoms with Gasteiger partial charge in [0.1, 0.15) is 17.3 Å². The number of nitrogens with one attached hydrogen (secondary N) is 1. The molecule has 0 bridgehead atoms. The Kier molecular flexibility index (Phi) is 5.06. The number of ketones is 1. The molecule has 0 saturated heterocycles. The number of rotatable bonds is 6. The number of hydrogen-bond donors (Lipinski definition) is 1. The van der Waals surface area contributed by atoms with Crippen molar-refractivity contribution in [1.82, 2.24) is 15.2 Å². The summed E-state index contributed by atoms with van der Waals surface area (Å²) in [4.78, 5) is 16.7. The van der Waals surface area contributed by atoms with E-state index >= 15 is 0 Å². The first-order chi connectivity index (χ1) is 13.7. The lowest BCUT2D eigenvalue weighted by atomic mass is 9.96. The maximum Gasteiger partial charge on any atom is 0.143 e. The van der Waals surface area contributed by atoms with Gasteiger partial charge in [0, 0.05) is 36.4 Å². The molecule has 0 unspecified atom stereocenters. The van der Waals surface area contributed by atoms with Crippen molar-refractivity contribution in [2.75, 3.05) is 0 Å². The van der Waals surface area contributed by atoms with Crippen molar-refractivity contribution >= 4 is 5.78 Å². The highest BCUT2D eigenvalue weighted by Gasteiger charge is 2.19. The van der Waals surface area contributed by atoms with Gasteiger partial charge in [-0.25, -0.2) is 4.39 Å². The fraction of sp³-hybridized carbons (Fsp3) is 0.0870. The molecule has 0 aliphatic carbocycles. The number of Topliss-reactive ketones (excluding diaryl/α,β-unsaturated/α-hetero) is 1. The van der Waals surface area contributed by atoms with Crippen LogP contribution in [0.1, 0.15) is 11.3 Å². The van der Waals surface area contributed by atoms with Crippen LogP contribution < -0.4 is 0 Å². The van der Waals surface area contributed by atoms with Crippen molar-refractivity contribution < 1.29 is 9.18 Å². The fourth-order valence-electron chi connectivity index (χ4n) is 3.24. The maximum absolute atomic E-state index is 13.3. The van der Waals surface area contributed by atoms with Gasteiger partial charge in [0.2, 0.25) is 0 Å². The summed E-state index contributed by atoms with van der Waals surface area (Å²) in [7, 11) is 0. The normalized spacial score (nSPS) is 10.8. The molecule has 0 atom stereocenters. The van der Waals surface area contributed by atoms with E-state index in [1.807, 2.05) is 42.5 Å². The zero-order valence-electron chi connectivity index (χ0n) is 15.1. The second-order valence-corrected chi connectivity index (χ2v) is 6.55. The molecule has 5 heteroatoms. The first kappa shape index (κ1) is 17.8. The van der Waals surface area contributed by atoms with Gasteiger partial charge in [-0.3, -0.25) is 14.9 Å². The molecule has 2 heterocycles. The van der Waals surface area contributed by atoms with E-state index < -0.39 is 0 Å². The molecule has 4 rings (SSSR count). The van der Waals surface area contributed by atoms with Crippen LogP contribution in [-0.4, -0.2) is 21.0 Å². The van der Waals surface area contributed by atoms with E-state index in [9.17, 15) is 9.18 Å². The maximum atomic E-state index is 13.3. The summed E-state index contributed by atoms with van der Waals surface area (Å²) in [5, 5.41) is 7.45. The van der Waals surface area contributed by atoms with Crippen molar-refractivity contribution in [3.8, 4) is 22.4 Å². The Labute approximate surface area is 162 Å². The smallest absolute Gasteiger partial charge is 0.143 e. The lowest BCUT2D eigenvalue weighted by molar-refractivity contribution is -0.117. The molecule has 138 valence electrons. The Morgan fingerprint density at radius 1 is 0.857 bits per heavy atom. The van der Waals surface area contributed by atoms with Gasteiger partial charge in [-0.05, 0) is 47.5 Å². The third-order valence-corrected chi connectivity index (χ3v) is 4.55. The first-order valence-electron chi connectivity index (χ1n) is 9.00. The summed E-state index contributed by atoms with van der Waals surface area (Å²) >= 11 is 0. The number of carbonyl (C=O) groups is 1. The van der Waals surface area contributed by atoms with Gasteiger partial charge in [-0.1, -0.05) is 30.3 Å². The molecule has 0 aliphatic heterocycles. The van der Waals surface area contributed by atoms with Crippen LogP contribution in [0, 0.1) is 5.82 Å². The topological polar surface area (TPSA) is 58.6 Å². The second kappa shape index (κ2) is 7.96. The first-order valence-corrected chi connectivity index (χ1v) is 9.00. The Balaban J connectivity index is 1.69. The SMILES string of the molecule is O=C(Cc1ccccc1)Cc1[nH]nc(-c2ccc(F)cc2)c1-c1ccncc1. The van der Waals surface area contributed by atoms with Gasteiger partial charge in [0.25, 0.3) is 0 Å². The number of benzene rings is 2. The summed E-state index contributed by atoms with van der Waals surface area (Å²) in [5.41, 5.74) is 4.95. The molecule has 0 aliphatic rings. The van der Waals surface area contributed by atoms with Crippen molar-refractivity contribution in [3.05, 3.63) is 96.2 Å². The molecule has 2 aromatic carbocycles. The van der Waals surface area contributed by atoms with Crippen molar-refractivity contribution in [3.63, 3.8) is 0 Å². The molecule has 0 spiro atoms. The minimum absolute atomic E-state index is 0.0933. The predicted octanol–water partition coefficient (Wildman–Crippen LogP) is 4.63. The molecule has 2 aromatic heterocycles. The van der Waals surface area contributed by atoms with Crippen LogP contribution in [0.5, 0.6) is 0 Å². The lowest BCUT2D eigenvalue weighted by Gasteiger charge is -2.07.